The van der Waals surface area contributed by atoms with Crippen molar-refractivity contribution in [3.8, 4) is 0 Å². The van der Waals surface area contributed by atoms with E-state index in [1.807, 2.05) is 13.0 Å². The molecule has 13 heteroatoms. The molecule has 0 saturated carbocycles. The molecule has 0 bridgehead atoms. The first-order valence-electron chi connectivity index (χ1n) is 4.70. The van der Waals surface area contributed by atoms with Gasteiger partial charge in [0.05, 0.1) is 0 Å². The van der Waals surface area contributed by atoms with E-state index in [-0.39, 0.29) is 0 Å². The van der Waals surface area contributed by atoms with Crippen LogP contribution in [0.1, 0.15) is 5.56 Å². The van der Waals surface area contributed by atoms with Gasteiger partial charge in [-0.1, -0.05) is 0 Å². The van der Waals surface area contributed by atoms with Gasteiger partial charge >= 0.3 is 0 Å². The van der Waals surface area contributed by atoms with E-state index < -0.39 is 18.5 Å². The lowest BCUT2D eigenvalue weighted by Crippen LogP contribution is -1.93. The van der Waals surface area contributed by atoms with Gasteiger partial charge in [-0.15, -0.1) is 0 Å². The van der Waals surface area contributed by atoms with Crippen LogP contribution in [-0.4, -0.2) is 4.98 Å². The number of halogens is 5. The molecule has 1 aliphatic heterocycles. The highest BCUT2D eigenvalue weighted by molar-refractivity contribution is 8.22. The maximum Gasteiger partial charge on any atom is 0.262 e. The molecule has 106 valence electrons. The van der Waals surface area contributed by atoms with Gasteiger partial charge in [-0.05, 0) is 80.8 Å². The average Bonchev–Trinajstić information content (AvgIpc) is 2.09. The van der Waals surface area contributed by atoms with Gasteiger partial charge in [0.1, 0.15) is 5.82 Å². The molecule has 0 radical (unpaired) electrons. The number of rotatable bonds is 2. The minimum atomic E-state index is -3.02. The molecule has 1 atom stereocenters. The Balaban J connectivity index is 2.48. The Morgan fingerprint density at radius 1 is 1.00 bits per heavy atom. The number of aromatic nitrogens is 1. The van der Waals surface area contributed by atoms with Crippen LogP contribution in [0.3, 0.4) is 0 Å². The molecule has 1 aromatic rings. The van der Waals surface area contributed by atoms with Crippen molar-refractivity contribution in [2.24, 2.45) is 13.5 Å². The molecule has 1 aromatic heterocycles. The first-order chi connectivity index (χ1) is 8.59. The molecule has 5 nitrogen and oxygen atoms in total. The summed E-state index contributed by atoms with van der Waals surface area (Å²) in [5.41, 5.74) is 0.998. The van der Waals surface area contributed by atoms with E-state index in [0.717, 1.165) is 5.56 Å². The number of nitrogens with one attached hydrogen (secondary N) is 1. The van der Waals surface area contributed by atoms with E-state index in [1.54, 1.807) is 12.3 Å². The second-order valence-electron chi connectivity index (χ2n) is 3.54. The van der Waals surface area contributed by atoms with Crippen LogP contribution in [0.25, 0.3) is 0 Å². The number of aryl methyl sites for hydroxylation is 1. The highest BCUT2D eigenvalue weighted by Gasteiger charge is 2.32. The van der Waals surface area contributed by atoms with Crippen LogP contribution in [0.5, 0.6) is 0 Å². The van der Waals surface area contributed by atoms with Gasteiger partial charge in [0.15, 0.2) is 0 Å². The lowest BCUT2D eigenvalue weighted by atomic mass is 10.3. The fourth-order valence-corrected chi connectivity index (χ4v) is 18.3. The van der Waals surface area contributed by atoms with Crippen molar-refractivity contribution in [1.29, 1.82) is 0 Å². The average molecular weight is 419 g/mol. The van der Waals surface area contributed by atoms with Gasteiger partial charge in [-0.2, -0.15) is 13.5 Å². The Morgan fingerprint density at radius 2 is 1.63 bits per heavy atom. The number of hydrogen-bond donors (Lipinski definition) is 1. The molecule has 19 heavy (non-hydrogen) atoms. The van der Waals surface area contributed by atoms with Crippen LogP contribution >= 0.6 is 74.7 Å². The summed E-state index contributed by atoms with van der Waals surface area (Å²) in [6.07, 6.45) is 1.63. The summed E-state index contributed by atoms with van der Waals surface area (Å²) < 4.78 is 12.0. The smallest absolute Gasteiger partial charge is 0.262 e. The minimum Gasteiger partial charge on any atom is -0.308 e. The lowest BCUT2D eigenvalue weighted by molar-refractivity contribution is 1.29. The van der Waals surface area contributed by atoms with Crippen molar-refractivity contribution < 1.29 is 0 Å². The molecular formula is C6H7Cl5N5P3. The fourth-order valence-electron chi connectivity index (χ4n) is 1.26. The van der Waals surface area contributed by atoms with Crippen LogP contribution in [0.2, 0.25) is 0 Å². The zero-order valence-corrected chi connectivity index (χ0v) is 15.7. The maximum absolute atomic E-state index is 6.32. The molecule has 1 aliphatic rings. The van der Waals surface area contributed by atoms with Gasteiger partial charge in [-0.3, -0.25) is 0 Å². The summed E-state index contributed by atoms with van der Waals surface area (Å²) in [6.45, 7) is -1.05. The summed E-state index contributed by atoms with van der Waals surface area (Å²) in [7, 11) is 0. The third-order valence-corrected chi connectivity index (χ3v) is 14.0. The minimum absolute atomic E-state index is 0.499. The molecule has 0 spiro atoms. The van der Waals surface area contributed by atoms with E-state index >= 15 is 0 Å². The molecule has 0 aromatic carbocycles. The van der Waals surface area contributed by atoms with E-state index in [4.69, 9.17) is 56.2 Å². The van der Waals surface area contributed by atoms with E-state index in [0.29, 0.717) is 5.82 Å². The van der Waals surface area contributed by atoms with Crippen molar-refractivity contribution in [2.45, 2.75) is 6.92 Å². The summed E-state index contributed by atoms with van der Waals surface area (Å²) in [6, 6.07) is 3.63. The fraction of sp³-hybridized carbons (Fsp3) is 0.167. The lowest BCUT2D eigenvalue weighted by Gasteiger charge is -2.22. The Morgan fingerprint density at radius 3 is 2.21 bits per heavy atom. The van der Waals surface area contributed by atoms with Crippen LogP contribution in [-0.2, 0) is 0 Å². The van der Waals surface area contributed by atoms with E-state index in [1.165, 1.54) is 0 Å². The summed E-state index contributed by atoms with van der Waals surface area (Å²) in [5.74, 6) is -5.53. The number of anilines is 1. The predicted octanol–water partition coefficient (Wildman–Crippen LogP) is 7.85. The second kappa shape index (κ2) is 5.71. The van der Waals surface area contributed by atoms with Gasteiger partial charge in [0.2, 0.25) is 0 Å². The topological polar surface area (TPSA) is 62.0 Å². The number of hydrogen-bond acceptors (Lipinski definition) is 5. The van der Waals surface area contributed by atoms with Crippen molar-refractivity contribution in [2.75, 3.05) is 5.09 Å². The number of pyridine rings is 1. The van der Waals surface area contributed by atoms with E-state index in [9.17, 15) is 0 Å². The van der Waals surface area contributed by atoms with Gasteiger partial charge < -0.3 is 5.09 Å². The summed E-state index contributed by atoms with van der Waals surface area (Å²) >= 11 is 30.2. The van der Waals surface area contributed by atoms with Gasteiger partial charge in [-0.25, -0.2) is 4.98 Å². The molecule has 0 fully saturated rings. The third kappa shape index (κ3) is 4.80. The van der Waals surface area contributed by atoms with Crippen LogP contribution in [0.4, 0.5) is 5.82 Å². The second-order valence-corrected chi connectivity index (χ2v) is 16.9. The molecular weight excluding hydrogens is 412 g/mol. The normalized spacial score (nSPS) is 27.7. The molecule has 1 N–H and O–H groups in total. The van der Waals surface area contributed by atoms with Crippen LogP contribution < -0.4 is 5.09 Å². The largest absolute Gasteiger partial charge is 0.308 e. The Labute approximate surface area is 134 Å². The van der Waals surface area contributed by atoms with Crippen molar-refractivity contribution in [3.63, 3.8) is 0 Å². The number of nitrogens with zero attached hydrogens (tertiary/aromatic N) is 4. The molecule has 0 amide bonds. The van der Waals surface area contributed by atoms with Crippen LogP contribution in [0, 0.1) is 6.92 Å². The maximum atomic E-state index is 6.32. The highest BCUT2D eigenvalue weighted by Crippen LogP contribution is 2.86. The molecule has 2 rings (SSSR count). The van der Waals surface area contributed by atoms with Crippen LogP contribution in [0.15, 0.2) is 31.9 Å². The Kier molecular flexibility index (Phi) is 4.94. The molecule has 1 unspecified atom stereocenters. The van der Waals surface area contributed by atoms with Crippen molar-refractivity contribution in [1.82, 2.24) is 4.98 Å². The molecule has 0 saturated heterocycles. The summed E-state index contributed by atoms with van der Waals surface area (Å²) in [5, 5.41) is 2.90. The predicted molar refractivity (Wildman–Crippen MR) is 89.9 cm³/mol. The van der Waals surface area contributed by atoms with Crippen molar-refractivity contribution in [3.05, 3.63) is 23.9 Å². The highest BCUT2D eigenvalue weighted by atomic mass is 35.9. The third-order valence-electron chi connectivity index (χ3n) is 1.84. The van der Waals surface area contributed by atoms with Gasteiger partial charge in [0, 0.05) is 6.20 Å². The molecule has 2 heterocycles. The standard InChI is InChI=1S/C6H7Cl5N5P3/c1-5-2-3-12-6(4-5)13-19(11)15-17(7,8)14-18(9,10)16-19/h2-4H,1H3,(H,12,13). The van der Waals surface area contributed by atoms with Crippen molar-refractivity contribution >= 4 is 80.6 Å². The summed E-state index contributed by atoms with van der Waals surface area (Å²) in [4.78, 5) is 4.11. The first kappa shape index (κ1) is 16.5. The first-order valence-corrected chi connectivity index (χ1v) is 14.3. The zero-order valence-electron chi connectivity index (χ0n) is 9.25. The SMILES string of the molecule is Cc1ccnc(NP2(Cl)=NP(Cl)(Cl)=NP(Cl)(Cl)=N2)c1. The van der Waals surface area contributed by atoms with E-state index in [2.05, 4.69) is 23.6 Å². The monoisotopic (exact) mass is 417 g/mol. The zero-order chi connectivity index (χ0) is 14.3. The Bertz CT molecular complexity index is 668. The molecule has 0 aliphatic carbocycles. The quantitative estimate of drug-likeness (QED) is 0.496. The Hall–Kier alpha value is 1.09. The van der Waals surface area contributed by atoms with Gasteiger partial charge in [0.25, 0.3) is 18.5 Å².